The van der Waals surface area contributed by atoms with E-state index in [1.807, 2.05) is 0 Å². The monoisotopic (exact) mass is 458 g/mol. The van der Waals surface area contributed by atoms with Gasteiger partial charge < -0.3 is 0 Å². The quantitative estimate of drug-likeness (QED) is 0.367. The van der Waals surface area contributed by atoms with E-state index in [9.17, 15) is 0 Å². The Balaban J connectivity index is 0.000000165. The average molecular weight is 459 g/mol. The molecule has 18 heavy (non-hydrogen) atoms. The largest absolute Gasteiger partial charge is 0.0872 e. The maximum atomic E-state index is 5.86. The van der Waals surface area contributed by atoms with Crippen molar-refractivity contribution in [3.8, 4) is 0 Å². The minimum absolute atomic E-state index is 0. The van der Waals surface area contributed by atoms with E-state index in [-0.39, 0.29) is 39.0 Å². The van der Waals surface area contributed by atoms with Crippen LogP contribution in [0.3, 0.4) is 0 Å². The van der Waals surface area contributed by atoms with Crippen molar-refractivity contribution in [2.45, 2.75) is 12.8 Å². The van der Waals surface area contributed by atoms with Crippen molar-refractivity contribution in [2.24, 2.45) is 23.7 Å². The van der Waals surface area contributed by atoms with Gasteiger partial charge in [0, 0.05) is 60.9 Å². The predicted octanol–water partition coefficient (Wildman–Crippen LogP) is 4.63. The molecule has 0 aromatic heterocycles. The Labute approximate surface area is 144 Å². The fraction of sp³-hybridized carbons (Fsp3) is 0.429. The van der Waals surface area contributed by atoms with Gasteiger partial charge in [0.05, 0.1) is 0 Å². The SMILES string of the molecule is C1=CC2C=CC1C2.ClC1=C(Cl)C2C=CC1C2.[Rh].[Rh]. The van der Waals surface area contributed by atoms with E-state index in [1.54, 1.807) is 0 Å². The molecule has 0 spiro atoms. The number of allylic oxidation sites excluding steroid dienone is 8. The number of fused-ring (bicyclic) bond motifs is 4. The number of hydrogen-bond donors (Lipinski definition) is 0. The van der Waals surface area contributed by atoms with E-state index in [2.05, 4.69) is 36.5 Å². The molecule has 102 valence electrons. The van der Waals surface area contributed by atoms with E-state index in [0.717, 1.165) is 28.3 Å². The van der Waals surface area contributed by atoms with Gasteiger partial charge in [0.1, 0.15) is 0 Å². The van der Waals surface area contributed by atoms with Crippen molar-refractivity contribution < 1.29 is 39.0 Å². The summed E-state index contributed by atoms with van der Waals surface area (Å²) in [5.74, 6) is 2.52. The smallest absolute Gasteiger partial charge is 0.0400 e. The third kappa shape index (κ3) is 3.27. The van der Waals surface area contributed by atoms with Crippen LogP contribution in [0.25, 0.3) is 0 Å². The molecule has 0 aromatic rings. The molecule has 0 aliphatic heterocycles. The van der Waals surface area contributed by atoms with Gasteiger partial charge in [-0.3, -0.25) is 0 Å². The first-order chi connectivity index (χ1) is 7.74. The third-order valence-electron chi connectivity index (χ3n) is 3.72. The van der Waals surface area contributed by atoms with Crippen molar-refractivity contribution in [1.29, 1.82) is 0 Å². The molecule has 4 aliphatic rings. The first-order valence-corrected chi connectivity index (χ1v) is 6.59. The van der Waals surface area contributed by atoms with Crippen LogP contribution in [-0.2, 0) is 39.0 Å². The fourth-order valence-corrected chi connectivity index (χ4v) is 3.36. The summed E-state index contributed by atoms with van der Waals surface area (Å²) in [6.45, 7) is 0. The van der Waals surface area contributed by atoms with Crippen molar-refractivity contribution in [2.75, 3.05) is 0 Å². The summed E-state index contributed by atoms with van der Waals surface area (Å²) in [6, 6.07) is 0. The van der Waals surface area contributed by atoms with Crippen LogP contribution in [0.5, 0.6) is 0 Å². The van der Waals surface area contributed by atoms with Gasteiger partial charge in [-0.1, -0.05) is 59.7 Å². The third-order valence-corrected chi connectivity index (χ3v) is 4.78. The average Bonchev–Trinajstić information content (AvgIpc) is 3.04. The summed E-state index contributed by atoms with van der Waals surface area (Å²) in [4.78, 5) is 0. The summed E-state index contributed by atoms with van der Waals surface area (Å²) in [6.07, 6.45) is 15.9. The van der Waals surface area contributed by atoms with Gasteiger partial charge in [-0.15, -0.1) is 0 Å². The van der Waals surface area contributed by atoms with Gasteiger partial charge in [-0.2, -0.15) is 0 Å². The number of halogens is 2. The number of rotatable bonds is 0. The van der Waals surface area contributed by atoms with E-state index < -0.39 is 0 Å². The van der Waals surface area contributed by atoms with Crippen LogP contribution in [0.2, 0.25) is 0 Å². The fourth-order valence-electron chi connectivity index (χ4n) is 2.76. The van der Waals surface area contributed by atoms with Crippen molar-refractivity contribution in [1.82, 2.24) is 0 Å². The zero-order valence-electron chi connectivity index (χ0n) is 9.61. The standard InChI is InChI=1S/C7H6Cl2.C7H8.2Rh/c8-6-4-1-2-5(3-4)7(6)9;1-2-7-4-3-6(1)5-7;;/h1-2,4-5H,3H2;1-4,6-7H,5H2;;. The minimum Gasteiger partial charge on any atom is -0.0872 e. The Hall–Kier alpha value is 0.787. The molecular formula is C14H14Cl2Rh2. The van der Waals surface area contributed by atoms with Crippen LogP contribution >= 0.6 is 23.2 Å². The van der Waals surface area contributed by atoms with E-state index >= 15 is 0 Å². The van der Waals surface area contributed by atoms with Gasteiger partial charge in [0.15, 0.2) is 0 Å². The normalized spacial score (nSPS) is 36.3. The van der Waals surface area contributed by atoms with E-state index in [1.165, 1.54) is 6.42 Å². The van der Waals surface area contributed by atoms with Crippen LogP contribution in [0.1, 0.15) is 12.8 Å². The molecule has 4 rings (SSSR count). The van der Waals surface area contributed by atoms with Crippen molar-refractivity contribution >= 4 is 23.2 Å². The molecule has 2 radical (unpaired) electrons. The molecule has 0 amide bonds. The van der Waals surface area contributed by atoms with Gasteiger partial charge in [-0.05, 0) is 24.7 Å². The Morgan fingerprint density at radius 1 is 0.667 bits per heavy atom. The second kappa shape index (κ2) is 6.99. The van der Waals surface area contributed by atoms with Crippen LogP contribution in [-0.4, -0.2) is 0 Å². The topological polar surface area (TPSA) is 0 Å². The van der Waals surface area contributed by atoms with Crippen molar-refractivity contribution in [3.05, 3.63) is 46.5 Å². The summed E-state index contributed by atoms with van der Waals surface area (Å²) >= 11 is 11.7. The van der Waals surface area contributed by atoms with Crippen LogP contribution < -0.4 is 0 Å². The van der Waals surface area contributed by atoms with Crippen molar-refractivity contribution in [3.63, 3.8) is 0 Å². The zero-order chi connectivity index (χ0) is 11.1. The molecule has 0 fully saturated rings. The Bertz CT molecular complexity index is 376. The summed E-state index contributed by atoms with van der Waals surface area (Å²) < 4.78 is 0. The van der Waals surface area contributed by atoms with Crippen LogP contribution in [0, 0.1) is 23.7 Å². The Morgan fingerprint density at radius 3 is 1.22 bits per heavy atom. The maximum absolute atomic E-state index is 5.86. The van der Waals surface area contributed by atoms with Gasteiger partial charge in [0.2, 0.25) is 0 Å². The minimum atomic E-state index is 0. The molecule has 4 aliphatic carbocycles. The molecule has 0 saturated carbocycles. The molecule has 2 unspecified atom stereocenters. The molecule has 0 heterocycles. The van der Waals surface area contributed by atoms with E-state index in [4.69, 9.17) is 23.2 Å². The molecule has 0 saturated heterocycles. The first-order valence-electron chi connectivity index (χ1n) is 5.84. The molecule has 0 aromatic carbocycles. The number of hydrogen-bond acceptors (Lipinski definition) is 0. The maximum Gasteiger partial charge on any atom is 0.0400 e. The molecule has 4 heteroatoms. The molecule has 4 bridgehead atoms. The summed E-state index contributed by atoms with van der Waals surface area (Å²) in [5, 5.41) is 1.73. The second-order valence-electron chi connectivity index (χ2n) is 4.86. The first kappa shape index (κ1) is 16.8. The van der Waals surface area contributed by atoms with Crippen LogP contribution in [0.15, 0.2) is 46.5 Å². The van der Waals surface area contributed by atoms with Gasteiger partial charge in [-0.25, -0.2) is 0 Å². The summed E-state index contributed by atoms with van der Waals surface area (Å²) in [7, 11) is 0. The molecular weight excluding hydrogens is 445 g/mol. The van der Waals surface area contributed by atoms with E-state index in [0.29, 0.717) is 11.8 Å². The molecule has 0 nitrogen and oxygen atoms in total. The Kier molecular flexibility index (Phi) is 6.54. The predicted molar refractivity (Wildman–Crippen MR) is 69.3 cm³/mol. The molecule has 2 atom stereocenters. The molecule has 0 N–H and O–H groups in total. The van der Waals surface area contributed by atoms with Gasteiger partial charge >= 0.3 is 0 Å². The second-order valence-corrected chi connectivity index (χ2v) is 5.68. The summed E-state index contributed by atoms with van der Waals surface area (Å²) in [5.41, 5.74) is 0. The van der Waals surface area contributed by atoms with Gasteiger partial charge in [0.25, 0.3) is 0 Å². The Morgan fingerprint density at radius 2 is 1.06 bits per heavy atom. The van der Waals surface area contributed by atoms with Crippen LogP contribution in [0.4, 0.5) is 0 Å². The zero-order valence-corrected chi connectivity index (χ0v) is 14.4.